The molecule has 0 aliphatic heterocycles. The second-order valence-corrected chi connectivity index (χ2v) is 7.04. The summed E-state index contributed by atoms with van der Waals surface area (Å²) in [6.45, 7) is 0.505. The average Bonchev–Trinajstić information content (AvgIpc) is 3.31. The number of aromatic nitrogens is 2. The van der Waals surface area contributed by atoms with Crippen molar-refractivity contribution in [2.45, 2.75) is 25.4 Å². The SMILES string of the molecule is Cn1c(=O)cc(C(=O)N(Cc2nccs2)C2CC2)c2ccccc21. The Bertz CT molecular complexity index is 958. The van der Waals surface area contributed by atoms with E-state index < -0.39 is 0 Å². The fourth-order valence-electron chi connectivity index (χ4n) is 2.97. The van der Waals surface area contributed by atoms with Gasteiger partial charge in [0.05, 0.1) is 17.6 Å². The lowest BCUT2D eigenvalue weighted by Gasteiger charge is -2.22. The molecular weight excluding hydrogens is 322 g/mol. The van der Waals surface area contributed by atoms with Gasteiger partial charge in [-0.15, -0.1) is 11.3 Å². The molecule has 3 aromatic rings. The van der Waals surface area contributed by atoms with Crippen LogP contribution in [0.15, 0.2) is 46.7 Å². The van der Waals surface area contributed by atoms with Crippen LogP contribution in [0.4, 0.5) is 0 Å². The molecule has 1 amide bonds. The maximum absolute atomic E-state index is 13.2. The number of thiazole rings is 1. The van der Waals surface area contributed by atoms with Crippen molar-refractivity contribution in [3.05, 3.63) is 62.8 Å². The Kier molecular flexibility index (Phi) is 3.69. The Hall–Kier alpha value is -2.47. The van der Waals surface area contributed by atoms with Gasteiger partial charge in [0, 0.05) is 36.1 Å². The summed E-state index contributed by atoms with van der Waals surface area (Å²) in [5.41, 5.74) is 1.09. The Morgan fingerprint density at radius 1 is 1.38 bits per heavy atom. The van der Waals surface area contributed by atoms with Crippen LogP contribution in [-0.4, -0.2) is 26.4 Å². The normalized spacial score (nSPS) is 14.0. The van der Waals surface area contributed by atoms with E-state index in [-0.39, 0.29) is 17.5 Å². The van der Waals surface area contributed by atoms with Crippen molar-refractivity contribution < 1.29 is 4.79 Å². The van der Waals surface area contributed by atoms with Crippen LogP contribution in [0.5, 0.6) is 0 Å². The zero-order chi connectivity index (χ0) is 16.7. The van der Waals surface area contributed by atoms with Gasteiger partial charge in [0.1, 0.15) is 5.01 Å². The molecule has 0 N–H and O–H groups in total. The number of fused-ring (bicyclic) bond motifs is 1. The quantitative estimate of drug-likeness (QED) is 0.734. The summed E-state index contributed by atoms with van der Waals surface area (Å²) in [6, 6.07) is 9.26. The van der Waals surface area contributed by atoms with Gasteiger partial charge in [-0.2, -0.15) is 0 Å². The first-order valence-corrected chi connectivity index (χ1v) is 8.81. The lowest BCUT2D eigenvalue weighted by Crippen LogP contribution is -2.34. The molecule has 0 saturated heterocycles. The molecule has 1 fully saturated rings. The molecule has 1 saturated carbocycles. The van der Waals surface area contributed by atoms with Crippen molar-refractivity contribution in [3.63, 3.8) is 0 Å². The number of hydrogen-bond donors (Lipinski definition) is 0. The fraction of sp³-hybridized carbons (Fsp3) is 0.278. The number of nitrogens with zero attached hydrogens (tertiary/aromatic N) is 3. The van der Waals surface area contributed by atoms with E-state index in [1.54, 1.807) is 29.1 Å². The summed E-state index contributed by atoms with van der Waals surface area (Å²) < 4.78 is 1.58. The predicted octanol–water partition coefficient (Wildman–Crippen LogP) is 2.80. The van der Waals surface area contributed by atoms with Crippen molar-refractivity contribution >= 4 is 28.1 Å². The van der Waals surface area contributed by atoms with Gasteiger partial charge in [0.2, 0.25) is 0 Å². The molecule has 1 aromatic carbocycles. The average molecular weight is 339 g/mol. The molecule has 122 valence electrons. The van der Waals surface area contributed by atoms with Gasteiger partial charge >= 0.3 is 0 Å². The van der Waals surface area contributed by atoms with Crippen LogP contribution in [0.1, 0.15) is 28.2 Å². The summed E-state index contributed by atoms with van der Waals surface area (Å²) in [6.07, 6.45) is 3.78. The second-order valence-electron chi connectivity index (χ2n) is 6.06. The van der Waals surface area contributed by atoms with Gasteiger partial charge < -0.3 is 9.47 Å². The molecule has 0 unspecified atom stereocenters. The molecule has 1 aliphatic carbocycles. The Morgan fingerprint density at radius 2 is 2.17 bits per heavy atom. The van der Waals surface area contributed by atoms with E-state index in [0.29, 0.717) is 12.1 Å². The van der Waals surface area contributed by atoms with E-state index in [2.05, 4.69) is 4.98 Å². The highest BCUT2D eigenvalue weighted by molar-refractivity contribution is 7.09. The summed E-state index contributed by atoms with van der Waals surface area (Å²) in [5, 5.41) is 3.65. The Morgan fingerprint density at radius 3 is 2.88 bits per heavy atom. The molecule has 0 atom stereocenters. The van der Waals surface area contributed by atoms with Crippen LogP contribution < -0.4 is 5.56 Å². The summed E-state index contributed by atoms with van der Waals surface area (Å²) >= 11 is 1.55. The molecular formula is C18H17N3O2S. The molecule has 24 heavy (non-hydrogen) atoms. The maximum atomic E-state index is 13.2. The lowest BCUT2D eigenvalue weighted by molar-refractivity contribution is 0.0731. The summed E-state index contributed by atoms with van der Waals surface area (Å²) in [5.74, 6) is -0.0819. The monoisotopic (exact) mass is 339 g/mol. The number of carbonyl (C=O) groups excluding carboxylic acids is 1. The van der Waals surface area contributed by atoms with Crippen LogP contribution in [0.3, 0.4) is 0 Å². The van der Waals surface area contributed by atoms with Crippen LogP contribution in [-0.2, 0) is 13.6 Å². The third kappa shape index (κ3) is 2.63. The summed E-state index contributed by atoms with van der Waals surface area (Å²) in [4.78, 5) is 31.6. The van der Waals surface area contributed by atoms with E-state index >= 15 is 0 Å². The summed E-state index contributed by atoms with van der Waals surface area (Å²) in [7, 11) is 1.73. The number of rotatable bonds is 4. The molecule has 2 aromatic heterocycles. The van der Waals surface area contributed by atoms with E-state index in [9.17, 15) is 9.59 Å². The van der Waals surface area contributed by atoms with E-state index in [1.807, 2.05) is 34.5 Å². The molecule has 1 aliphatic rings. The maximum Gasteiger partial charge on any atom is 0.255 e. The standard InChI is InChI=1S/C18H17N3O2S/c1-20-15-5-3-2-4-13(15)14(10-17(20)22)18(23)21(12-6-7-12)11-16-19-8-9-24-16/h2-5,8-10,12H,6-7,11H2,1H3. The number of para-hydroxylation sites is 1. The van der Waals surface area contributed by atoms with Gasteiger partial charge in [-0.25, -0.2) is 4.98 Å². The van der Waals surface area contributed by atoms with E-state index in [4.69, 9.17) is 0 Å². The van der Waals surface area contributed by atoms with E-state index in [0.717, 1.165) is 28.8 Å². The Labute approximate surface area is 143 Å². The predicted molar refractivity (Wildman–Crippen MR) is 94.2 cm³/mol. The van der Waals surface area contributed by atoms with E-state index in [1.165, 1.54) is 6.07 Å². The fourth-order valence-corrected chi connectivity index (χ4v) is 3.59. The highest BCUT2D eigenvalue weighted by Crippen LogP contribution is 2.31. The minimum Gasteiger partial charge on any atom is -0.329 e. The molecule has 0 radical (unpaired) electrons. The van der Waals surface area contributed by atoms with Crippen LogP contribution in [0.25, 0.3) is 10.9 Å². The van der Waals surface area contributed by atoms with Gasteiger partial charge in [0.15, 0.2) is 0 Å². The zero-order valence-corrected chi connectivity index (χ0v) is 14.1. The van der Waals surface area contributed by atoms with Crippen LogP contribution in [0, 0.1) is 0 Å². The van der Waals surface area contributed by atoms with Gasteiger partial charge in [-0.3, -0.25) is 9.59 Å². The number of amides is 1. The number of hydrogen-bond acceptors (Lipinski definition) is 4. The molecule has 5 nitrogen and oxygen atoms in total. The Balaban J connectivity index is 1.79. The van der Waals surface area contributed by atoms with Crippen molar-refractivity contribution in [1.82, 2.24) is 14.5 Å². The topological polar surface area (TPSA) is 55.2 Å². The first kappa shape index (κ1) is 15.1. The number of aryl methyl sites for hydroxylation is 1. The first-order chi connectivity index (χ1) is 11.6. The smallest absolute Gasteiger partial charge is 0.255 e. The third-order valence-corrected chi connectivity index (χ3v) is 5.19. The number of benzene rings is 1. The van der Waals surface area contributed by atoms with Crippen molar-refractivity contribution in [3.8, 4) is 0 Å². The molecule has 2 heterocycles. The minimum absolute atomic E-state index is 0.0819. The van der Waals surface area contributed by atoms with Gasteiger partial charge in [0.25, 0.3) is 11.5 Å². The largest absolute Gasteiger partial charge is 0.329 e. The van der Waals surface area contributed by atoms with Gasteiger partial charge in [-0.1, -0.05) is 18.2 Å². The van der Waals surface area contributed by atoms with Gasteiger partial charge in [-0.05, 0) is 18.9 Å². The molecule has 0 spiro atoms. The second kappa shape index (κ2) is 5.87. The van der Waals surface area contributed by atoms with Crippen LogP contribution in [0.2, 0.25) is 0 Å². The van der Waals surface area contributed by atoms with Crippen molar-refractivity contribution in [2.24, 2.45) is 7.05 Å². The van der Waals surface area contributed by atoms with Crippen molar-refractivity contribution in [2.75, 3.05) is 0 Å². The van der Waals surface area contributed by atoms with Crippen molar-refractivity contribution in [1.29, 1.82) is 0 Å². The lowest BCUT2D eigenvalue weighted by atomic mass is 10.1. The highest BCUT2D eigenvalue weighted by atomic mass is 32.1. The number of pyridine rings is 1. The molecule has 6 heteroatoms. The highest BCUT2D eigenvalue weighted by Gasteiger charge is 2.34. The number of carbonyl (C=O) groups is 1. The third-order valence-electron chi connectivity index (χ3n) is 4.42. The first-order valence-electron chi connectivity index (χ1n) is 7.93. The zero-order valence-electron chi connectivity index (χ0n) is 13.3. The minimum atomic E-state index is -0.165. The van der Waals surface area contributed by atoms with Crippen LogP contribution >= 0.6 is 11.3 Å². The molecule has 4 rings (SSSR count). The molecule has 0 bridgehead atoms.